The Labute approximate surface area is 77.4 Å². The largest absolute Gasteiger partial charge is 0.299 e. The molecule has 0 radical (unpaired) electrons. The van der Waals surface area contributed by atoms with Crippen LogP contribution >= 0.6 is 11.3 Å². The minimum absolute atomic E-state index is 0.206. The van der Waals surface area contributed by atoms with Gasteiger partial charge in [-0.1, -0.05) is 20.8 Å². The van der Waals surface area contributed by atoms with Crippen molar-refractivity contribution in [2.75, 3.05) is 0 Å². The van der Waals surface area contributed by atoms with Gasteiger partial charge in [-0.3, -0.25) is 4.79 Å². The van der Waals surface area contributed by atoms with Gasteiger partial charge in [0, 0.05) is 11.8 Å². The maximum absolute atomic E-state index is 11.5. The number of carbonyl (C=O) groups excluding carboxylic acids is 1. The third-order valence-electron chi connectivity index (χ3n) is 1.78. The standard InChI is InChI=1S/C10H14OS/c1-10(2,3)9(11)6-8-4-5-12-7-8/h4-5,7H,6H2,1-3H3. The molecule has 66 valence electrons. The highest BCUT2D eigenvalue weighted by Crippen LogP contribution is 2.18. The average Bonchev–Trinajstić information content (AvgIpc) is 2.37. The van der Waals surface area contributed by atoms with Crippen LogP contribution in [-0.2, 0) is 11.2 Å². The second kappa shape index (κ2) is 3.40. The van der Waals surface area contributed by atoms with E-state index in [9.17, 15) is 4.79 Å². The Morgan fingerprint density at radius 3 is 2.58 bits per heavy atom. The summed E-state index contributed by atoms with van der Waals surface area (Å²) in [6.45, 7) is 5.88. The fourth-order valence-corrected chi connectivity index (χ4v) is 1.51. The first kappa shape index (κ1) is 9.46. The number of rotatable bonds is 2. The zero-order valence-electron chi connectivity index (χ0n) is 7.76. The van der Waals surface area contributed by atoms with Crippen molar-refractivity contribution in [1.82, 2.24) is 0 Å². The fraction of sp³-hybridized carbons (Fsp3) is 0.500. The van der Waals surface area contributed by atoms with Crippen molar-refractivity contribution in [1.29, 1.82) is 0 Å². The lowest BCUT2D eigenvalue weighted by molar-refractivity contribution is -0.125. The summed E-state index contributed by atoms with van der Waals surface area (Å²) in [7, 11) is 0. The second-order valence-corrected chi connectivity index (χ2v) is 4.76. The highest BCUT2D eigenvalue weighted by Gasteiger charge is 2.20. The van der Waals surface area contributed by atoms with E-state index in [1.165, 1.54) is 0 Å². The van der Waals surface area contributed by atoms with Crippen molar-refractivity contribution in [2.24, 2.45) is 5.41 Å². The molecule has 0 aliphatic heterocycles. The molecule has 0 aliphatic carbocycles. The molecule has 12 heavy (non-hydrogen) atoms. The lowest BCUT2D eigenvalue weighted by Crippen LogP contribution is -2.21. The van der Waals surface area contributed by atoms with Gasteiger partial charge in [0.1, 0.15) is 5.78 Å². The van der Waals surface area contributed by atoms with Crippen LogP contribution in [0.15, 0.2) is 16.8 Å². The summed E-state index contributed by atoms with van der Waals surface area (Å²) in [6, 6.07) is 2.01. The predicted octanol–water partition coefficient (Wildman–Crippen LogP) is 2.91. The predicted molar refractivity (Wildman–Crippen MR) is 52.5 cm³/mol. The van der Waals surface area contributed by atoms with Gasteiger partial charge in [-0.2, -0.15) is 11.3 Å². The zero-order chi connectivity index (χ0) is 9.19. The molecule has 0 spiro atoms. The SMILES string of the molecule is CC(C)(C)C(=O)Cc1ccsc1. The molecule has 2 heteroatoms. The second-order valence-electron chi connectivity index (χ2n) is 3.98. The van der Waals surface area contributed by atoms with Gasteiger partial charge in [0.2, 0.25) is 0 Å². The van der Waals surface area contributed by atoms with Crippen molar-refractivity contribution < 1.29 is 4.79 Å². The monoisotopic (exact) mass is 182 g/mol. The summed E-state index contributed by atoms with van der Waals surface area (Å²) in [5, 5.41) is 4.04. The Balaban J connectivity index is 2.60. The lowest BCUT2D eigenvalue weighted by Gasteiger charge is -2.15. The van der Waals surface area contributed by atoms with Crippen LogP contribution < -0.4 is 0 Å². The summed E-state index contributed by atoms with van der Waals surface area (Å²) in [6.07, 6.45) is 0.576. The third-order valence-corrected chi connectivity index (χ3v) is 2.51. The zero-order valence-corrected chi connectivity index (χ0v) is 8.57. The van der Waals surface area contributed by atoms with Crippen LogP contribution in [0.3, 0.4) is 0 Å². The number of ketones is 1. The topological polar surface area (TPSA) is 17.1 Å². The Bertz CT molecular complexity index is 254. The Kier molecular flexibility index (Phi) is 2.68. The van der Waals surface area contributed by atoms with Crippen LogP contribution in [0.25, 0.3) is 0 Å². The molecule has 0 saturated heterocycles. The number of Topliss-reactive ketones (excluding diaryl/α,β-unsaturated/α-hetero) is 1. The molecule has 0 unspecified atom stereocenters. The van der Waals surface area contributed by atoms with Gasteiger partial charge in [-0.05, 0) is 22.4 Å². The van der Waals surface area contributed by atoms with E-state index in [-0.39, 0.29) is 5.41 Å². The van der Waals surface area contributed by atoms with Crippen molar-refractivity contribution in [3.63, 3.8) is 0 Å². The number of hydrogen-bond acceptors (Lipinski definition) is 2. The number of hydrogen-bond donors (Lipinski definition) is 0. The van der Waals surface area contributed by atoms with E-state index in [0.717, 1.165) is 5.56 Å². The minimum Gasteiger partial charge on any atom is -0.299 e. The molecule has 0 atom stereocenters. The smallest absolute Gasteiger partial charge is 0.142 e. The van der Waals surface area contributed by atoms with Gasteiger partial charge in [0.25, 0.3) is 0 Å². The molecule has 0 saturated carbocycles. The first-order chi connectivity index (χ1) is 5.50. The van der Waals surface area contributed by atoms with Crippen LogP contribution in [0.4, 0.5) is 0 Å². The van der Waals surface area contributed by atoms with E-state index >= 15 is 0 Å². The molecular formula is C10H14OS. The molecule has 1 aromatic heterocycles. The van der Waals surface area contributed by atoms with Gasteiger partial charge in [-0.25, -0.2) is 0 Å². The van der Waals surface area contributed by atoms with Crippen molar-refractivity contribution in [2.45, 2.75) is 27.2 Å². The number of thiophene rings is 1. The molecule has 1 nitrogen and oxygen atoms in total. The molecular weight excluding hydrogens is 168 g/mol. The van der Waals surface area contributed by atoms with Gasteiger partial charge >= 0.3 is 0 Å². The highest BCUT2D eigenvalue weighted by molar-refractivity contribution is 7.07. The van der Waals surface area contributed by atoms with Gasteiger partial charge in [0.15, 0.2) is 0 Å². The molecule has 0 N–H and O–H groups in total. The van der Waals surface area contributed by atoms with Crippen molar-refractivity contribution in [3.05, 3.63) is 22.4 Å². The van der Waals surface area contributed by atoms with Crippen LogP contribution in [0.5, 0.6) is 0 Å². The first-order valence-corrected chi connectivity index (χ1v) is 4.99. The summed E-state index contributed by atoms with van der Waals surface area (Å²) in [4.78, 5) is 11.5. The maximum Gasteiger partial charge on any atom is 0.142 e. The quantitative estimate of drug-likeness (QED) is 0.687. The third kappa shape index (κ3) is 2.45. The first-order valence-electron chi connectivity index (χ1n) is 4.04. The van der Waals surface area contributed by atoms with Crippen molar-refractivity contribution in [3.8, 4) is 0 Å². The van der Waals surface area contributed by atoms with Crippen LogP contribution in [-0.4, -0.2) is 5.78 Å². The minimum atomic E-state index is -0.206. The number of carbonyl (C=O) groups is 1. The van der Waals surface area contributed by atoms with Crippen molar-refractivity contribution >= 4 is 17.1 Å². The highest BCUT2D eigenvalue weighted by atomic mass is 32.1. The maximum atomic E-state index is 11.5. The van der Waals surface area contributed by atoms with Gasteiger partial charge < -0.3 is 0 Å². The van der Waals surface area contributed by atoms with Gasteiger partial charge in [0.05, 0.1) is 0 Å². The molecule has 0 bridgehead atoms. The molecule has 1 aromatic rings. The Morgan fingerprint density at radius 2 is 2.17 bits per heavy atom. The normalized spacial score (nSPS) is 11.6. The van der Waals surface area contributed by atoms with E-state index in [4.69, 9.17) is 0 Å². The van der Waals surface area contributed by atoms with E-state index < -0.39 is 0 Å². The van der Waals surface area contributed by atoms with E-state index in [0.29, 0.717) is 12.2 Å². The summed E-state index contributed by atoms with van der Waals surface area (Å²) in [5.41, 5.74) is 0.932. The summed E-state index contributed by atoms with van der Waals surface area (Å²) in [5.74, 6) is 0.306. The summed E-state index contributed by atoms with van der Waals surface area (Å²) >= 11 is 1.64. The molecule has 1 heterocycles. The fourth-order valence-electron chi connectivity index (χ4n) is 0.844. The van der Waals surface area contributed by atoms with Crippen LogP contribution in [0.2, 0.25) is 0 Å². The van der Waals surface area contributed by atoms with Crippen LogP contribution in [0, 0.1) is 5.41 Å². The Morgan fingerprint density at radius 1 is 1.50 bits per heavy atom. The summed E-state index contributed by atoms with van der Waals surface area (Å²) < 4.78 is 0. The lowest BCUT2D eigenvalue weighted by atomic mass is 9.88. The molecule has 0 fully saturated rings. The van der Waals surface area contributed by atoms with Crippen LogP contribution in [0.1, 0.15) is 26.3 Å². The van der Waals surface area contributed by atoms with Gasteiger partial charge in [-0.15, -0.1) is 0 Å². The van der Waals surface area contributed by atoms with E-state index in [1.807, 2.05) is 37.6 Å². The van der Waals surface area contributed by atoms with E-state index in [2.05, 4.69) is 0 Å². The molecule has 0 aromatic carbocycles. The van der Waals surface area contributed by atoms with E-state index in [1.54, 1.807) is 11.3 Å². The molecule has 1 rings (SSSR count). The molecule has 0 aliphatic rings. The molecule has 0 amide bonds. The average molecular weight is 182 g/mol. The Hall–Kier alpha value is -0.630.